The summed E-state index contributed by atoms with van der Waals surface area (Å²) in [5.41, 5.74) is 6.87. The van der Waals surface area contributed by atoms with Crippen LogP contribution in [0.5, 0.6) is 0 Å². The van der Waals surface area contributed by atoms with E-state index in [1.54, 1.807) is 6.33 Å². The standard InChI is InChI=1S/C13H22N4/c1-2-12-6-13(17-9-16-12)15-8-11-5-3-4-10(11)7-14/h6,9-11H,2-5,7-8,14H2,1H3,(H,15,16,17). The molecule has 0 aliphatic heterocycles. The minimum absolute atomic E-state index is 0.690. The SMILES string of the molecule is CCc1cc(NCC2CCCC2CN)ncn1. The van der Waals surface area contributed by atoms with Crippen LogP contribution in [0.15, 0.2) is 12.4 Å². The van der Waals surface area contributed by atoms with Crippen molar-refractivity contribution in [1.82, 2.24) is 9.97 Å². The summed E-state index contributed by atoms with van der Waals surface area (Å²) < 4.78 is 0. The van der Waals surface area contributed by atoms with Crippen molar-refractivity contribution < 1.29 is 0 Å². The molecule has 1 saturated carbocycles. The molecule has 0 saturated heterocycles. The van der Waals surface area contributed by atoms with Gasteiger partial charge in [-0.1, -0.05) is 13.3 Å². The highest BCUT2D eigenvalue weighted by Crippen LogP contribution is 2.30. The molecule has 1 heterocycles. The van der Waals surface area contributed by atoms with Gasteiger partial charge in [0, 0.05) is 18.3 Å². The lowest BCUT2D eigenvalue weighted by Gasteiger charge is -2.18. The van der Waals surface area contributed by atoms with Crippen LogP contribution in [0, 0.1) is 11.8 Å². The smallest absolute Gasteiger partial charge is 0.129 e. The average Bonchev–Trinajstić information content (AvgIpc) is 2.84. The second-order valence-corrected chi connectivity index (χ2v) is 4.82. The van der Waals surface area contributed by atoms with Gasteiger partial charge in [-0.25, -0.2) is 9.97 Å². The molecule has 1 aliphatic rings. The summed E-state index contributed by atoms with van der Waals surface area (Å²) in [6, 6.07) is 2.03. The Morgan fingerprint density at radius 3 is 2.94 bits per heavy atom. The molecule has 2 unspecified atom stereocenters. The van der Waals surface area contributed by atoms with Gasteiger partial charge in [-0.3, -0.25) is 0 Å². The number of aryl methyl sites for hydroxylation is 1. The van der Waals surface area contributed by atoms with E-state index in [9.17, 15) is 0 Å². The average molecular weight is 234 g/mol. The molecule has 0 spiro atoms. The molecule has 0 bridgehead atoms. The third-order valence-corrected chi connectivity index (χ3v) is 3.75. The highest BCUT2D eigenvalue weighted by Gasteiger charge is 2.25. The second kappa shape index (κ2) is 5.96. The van der Waals surface area contributed by atoms with Crippen LogP contribution in [0.1, 0.15) is 31.9 Å². The van der Waals surface area contributed by atoms with Gasteiger partial charge in [0.15, 0.2) is 0 Å². The number of hydrogen-bond acceptors (Lipinski definition) is 4. The van der Waals surface area contributed by atoms with E-state index in [-0.39, 0.29) is 0 Å². The van der Waals surface area contributed by atoms with Crippen molar-refractivity contribution in [2.45, 2.75) is 32.6 Å². The van der Waals surface area contributed by atoms with Gasteiger partial charge in [-0.05, 0) is 37.6 Å². The van der Waals surface area contributed by atoms with E-state index in [0.29, 0.717) is 11.8 Å². The monoisotopic (exact) mass is 234 g/mol. The number of nitrogens with one attached hydrogen (secondary N) is 1. The van der Waals surface area contributed by atoms with Gasteiger partial charge in [0.2, 0.25) is 0 Å². The summed E-state index contributed by atoms with van der Waals surface area (Å²) in [7, 11) is 0. The van der Waals surface area contributed by atoms with Crippen molar-refractivity contribution >= 4 is 5.82 Å². The summed E-state index contributed by atoms with van der Waals surface area (Å²) >= 11 is 0. The van der Waals surface area contributed by atoms with Gasteiger partial charge in [-0.15, -0.1) is 0 Å². The van der Waals surface area contributed by atoms with Crippen LogP contribution in [-0.2, 0) is 6.42 Å². The van der Waals surface area contributed by atoms with Gasteiger partial charge in [0.1, 0.15) is 12.1 Å². The lowest BCUT2D eigenvalue weighted by Crippen LogP contribution is -2.24. The Morgan fingerprint density at radius 2 is 2.18 bits per heavy atom. The normalized spacial score (nSPS) is 23.9. The summed E-state index contributed by atoms with van der Waals surface area (Å²) in [6.45, 7) is 3.91. The number of aromatic nitrogens is 2. The fraction of sp³-hybridized carbons (Fsp3) is 0.692. The van der Waals surface area contributed by atoms with Crippen LogP contribution in [0.3, 0.4) is 0 Å². The van der Waals surface area contributed by atoms with E-state index >= 15 is 0 Å². The van der Waals surface area contributed by atoms with Gasteiger partial charge < -0.3 is 11.1 Å². The quantitative estimate of drug-likeness (QED) is 0.815. The van der Waals surface area contributed by atoms with E-state index < -0.39 is 0 Å². The lowest BCUT2D eigenvalue weighted by atomic mass is 9.96. The predicted molar refractivity (Wildman–Crippen MR) is 69.8 cm³/mol. The summed E-state index contributed by atoms with van der Waals surface area (Å²) in [4.78, 5) is 8.44. The van der Waals surface area contributed by atoms with E-state index in [4.69, 9.17) is 5.73 Å². The Balaban J connectivity index is 1.88. The van der Waals surface area contributed by atoms with Crippen LogP contribution in [0.4, 0.5) is 5.82 Å². The molecule has 2 atom stereocenters. The largest absolute Gasteiger partial charge is 0.370 e. The maximum atomic E-state index is 5.79. The van der Waals surface area contributed by atoms with Crippen LogP contribution in [0.2, 0.25) is 0 Å². The molecule has 0 radical (unpaired) electrons. The molecular weight excluding hydrogens is 212 g/mol. The number of hydrogen-bond donors (Lipinski definition) is 2. The molecule has 1 aromatic rings. The van der Waals surface area contributed by atoms with Gasteiger partial charge in [0.05, 0.1) is 0 Å². The van der Waals surface area contributed by atoms with Crippen molar-refractivity contribution in [2.75, 3.05) is 18.4 Å². The van der Waals surface area contributed by atoms with Crippen LogP contribution in [-0.4, -0.2) is 23.1 Å². The third-order valence-electron chi connectivity index (χ3n) is 3.75. The molecule has 4 heteroatoms. The van der Waals surface area contributed by atoms with Gasteiger partial charge in [0.25, 0.3) is 0 Å². The Hall–Kier alpha value is -1.16. The maximum absolute atomic E-state index is 5.79. The highest BCUT2D eigenvalue weighted by atomic mass is 15.0. The first-order valence-corrected chi connectivity index (χ1v) is 6.58. The Bertz CT molecular complexity index is 353. The molecule has 3 N–H and O–H groups in total. The zero-order valence-corrected chi connectivity index (χ0v) is 10.5. The van der Waals surface area contributed by atoms with Crippen molar-refractivity contribution in [2.24, 2.45) is 17.6 Å². The molecule has 0 aromatic carbocycles. The Kier molecular flexibility index (Phi) is 4.31. The number of rotatable bonds is 5. The van der Waals surface area contributed by atoms with E-state index in [1.165, 1.54) is 19.3 Å². The summed E-state index contributed by atoms with van der Waals surface area (Å²) in [5, 5.41) is 3.42. The van der Waals surface area contributed by atoms with Crippen LogP contribution < -0.4 is 11.1 Å². The number of anilines is 1. The predicted octanol–water partition coefficient (Wildman–Crippen LogP) is 1.83. The first-order chi connectivity index (χ1) is 8.33. The molecule has 17 heavy (non-hydrogen) atoms. The van der Waals surface area contributed by atoms with Gasteiger partial charge >= 0.3 is 0 Å². The minimum Gasteiger partial charge on any atom is -0.370 e. The number of nitrogens with zero attached hydrogens (tertiary/aromatic N) is 2. The van der Waals surface area contributed by atoms with Crippen molar-refractivity contribution in [3.63, 3.8) is 0 Å². The third kappa shape index (κ3) is 3.16. The molecule has 94 valence electrons. The summed E-state index contributed by atoms with van der Waals surface area (Å²) in [6.07, 6.45) is 6.48. The first-order valence-electron chi connectivity index (χ1n) is 6.58. The molecule has 1 aromatic heterocycles. The molecule has 1 aliphatic carbocycles. The van der Waals surface area contributed by atoms with Crippen molar-refractivity contribution in [3.05, 3.63) is 18.1 Å². The van der Waals surface area contributed by atoms with Crippen molar-refractivity contribution in [1.29, 1.82) is 0 Å². The second-order valence-electron chi connectivity index (χ2n) is 4.82. The van der Waals surface area contributed by atoms with E-state index in [1.807, 2.05) is 6.07 Å². The minimum atomic E-state index is 0.690. The molecular formula is C13H22N4. The fourth-order valence-electron chi connectivity index (χ4n) is 2.62. The highest BCUT2D eigenvalue weighted by molar-refractivity contribution is 5.34. The zero-order valence-electron chi connectivity index (χ0n) is 10.5. The Labute approximate surface area is 103 Å². The fourth-order valence-corrected chi connectivity index (χ4v) is 2.62. The topological polar surface area (TPSA) is 63.8 Å². The van der Waals surface area contributed by atoms with Gasteiger partial charge in [-0.2, -0.15) is 0 Å². The van der Waals surface area contributed by atoms with E-state index in [0.717, 1.165) is 31.0 Å². The Morgan fingerprint density at radius 1 is 1.35 bits per heavy atom. The maximum Gasteiger partial charge on any atom is 0.129 e. The lowest BCUT2D eigenvalue weighted by molar-refractivity contribution is 0.414. The summed E-state index contributed by atoms with van der Waals surface area (Å²) in [5.74, 6) is 2.34. The number of nitrogens with two attached hydrogens (primary N) is 1. The van der Waals surface area contributed by atoms with Crippen molar-refractivity contribution in [3.8, 4) is 0 Å². The molecule has 4 nitrogen and oxygen atoms in total. The molecule has 0 amide bonds. The first kappa shape index (κ1) is 12.3. The van der Waals surface area contributed by atoms with Crippen LogP contribution in [0.25, 0.3) is 0 Å². The van der Waals surface area contributed by atoms with Crippen LogP contribution >= 0.6 is 0 Å². The van der Waals surface area contributed by atoms with E-state index in [2.05, 4.69) is 22.2 Å². The zero-order chi connectivity index (χ0) is 12.1. The molecule has 1 fully saturated rings. The molecule has 2 rings (SSSR count).